The van der Waals surface area contributed by atoms with Crippen LogP contribution >= 0.6 is 11.3 Å². The standard InChI is InChI=1S/C14H16N2OS/c15-9-11-3-1-4-12(7-11)10-16-14(17)8-13-5-2-6-18-13/h1-7H,8-10,15H2,(H,16,17). The topological polar surface area (TPSA) is 55.1 Å². The van der Waals surface area contributed by atoms with Gasteiger partial charge in [0.15, 0.2) is 0 Å². The molecular weight excluding hydrogens is 244 g/mol. The van der Waals surface area contributed by atoms with E-state index in [1.165, 1.54) is 0 Å². The van der Waals surface area contributed by atoms with Crippen LogP contribution in [0.2, 0.25) is 0 Å². The number of carbonyl (C=O) groups excluding carboxylic acids is 1. The summed E-state index contributed by atoms with van der Waals surface area (Å²) in [6, 6.07) is 11.9. The normalized spacial score (nSPS) is 10.3. The van der Waals surface area contributed by atoms with Crippen molar-refractivity contribution in [3.8, 4) is 0 Å². The van der Waals surface area contributed by atoms with E-state index in [-0.39, 0.29) is 5.91 Å². The number of nitrogens with one attached hydrogen (secondary N) is 1. The molecule has 0 bridgehead atoms. The number of thiophene rings is 1. The summed E-state index contributed by atoms with van der Waals surface area (Å²) >= 11 is 1.60. The van der Waals surface area contributed by atoms with Crippen LogP contribution in [0, 0.1) is 0 Å². The summed E-state index contributed by atoms with van der Waals surface area (Å²) in [4.78, 5) is 12.8. The van der Waals surface area contributed by atoms with Crippen LogP contribution in [0.4, 0.5) is 0 Å². The maximum Gasteiger partial charge on any atom is 0.225 e. The first kappa shape index (κ1) is 12.8. The molecule has 1 amide bonds. The van der Waals surface area contributed by atoms with Crippen LogP contribution in [-0.4, -0.2) is 5.91 Å². The van der Waals surface area contributed by atoms with Gasteiger partial charge in [-0.3, -0.25) is 4.79 Å². The van der Waals surface area contributed by atoms with Crippen LogP contribution in [0.5, 0.6) is 0 Å². The van der Waals surface area contributed by atoms with Crippen LogP contribution in [0.1, 0.15) is 16.0 Å². The second-order valence-corrected chi connectivity index (χ2v) is 5.09. The summed E-state index contributed by atoms with van der Waals surface area (Å²) in [5, 5.41) is 4.89. The molecule has 0 saturated carbocycles. The second kappa shape index (κ2) is 6.33. The van der Waals surface area contributed by atoms with E-state index in [9.17, 15) is 4.79 Å². The van der Waals surface area contributed by atoms with Crippen molar-refractivity contribution in [2.75, 3.05) is 0 Å². The zero-order chi connectivity index (χ0) is 12.8. The third-order valence-corrected chi connectivity index (χ3v) is 3.51. The largest absolute Gasteiger partial charge is 0.352 e. The highest BCUT2D eigenvalue weighted by molar-refractivity contribution is 7.10. The smallest absolute Gasteiger partial charge is 0.225 e. The van der Waals surface area contributed by atoms with Crippen LogP contribution in [-0.2, 0) is 24.3 Å². The van der Waals surface area contributed by atoms with Gasteiger partial charge in [0.2, 0.25) is 5.91 Å². The predicted molar refractivity (Wildman–Crippen MR) is 74.2 cm³/mol. The minimum Gasteiger partial charge on any atom is -0.352 e. The Labute approximate surface area is 111 Å². The van der Waals surface area contributed by atoms with Gasteiger partial charge in [0.05, 0.1) is 6.42 Å². The molecule has 1 aromatic heterocycles. The zero-order valence-corrected chi connectivity index (χ0v) is 10.9. The molecule has 0 aliphatic heterocycles. The summed E-state index contributed by atoms with van der Waals surface area (Å²) < 4.78 is 0. The zero-order valence-electron chi connectivity index (χ0n) is 10.1. The lowest BCUT2D eigenvalue weighted by Gasteiger charge is -2.06. The number of hydrogen-bond acceptors (Lipinski definition) is 3. The molecule has 2 rings (SSSR count). The number of carbonyl (C=O) groups is 1. The molecule has 1 aromatic carbocycles. The van der Waals surface area contributed by atoms with Crippen molar-refractivity contribution in [2.24, 2.45) is 5.73 Å². The molecular formula is C14H16N2OS. The first-order valence-corrected chi connectivity index (χ1v) is 6.73. The highest BCUT2D eigenvalue weighted by atomic mass is 32.1. The Bertz CT molecular complexity index is 508. The molecule has 94 valence electrons. The molecule has 2 aromatic rings. The quantitative estimate of drug-likeness (QED) is 0.864. The summed E-state index contributed by atoms with van der Waals surface area (Å²) in [6.45, 7) is 1.08. The molecule has 0 radical (unpaired) electrons. The van der Waals surface area contributed by atoms with Gasteiger partial charge >= 0.3 is 0 Å². The number of amides is 1. The number of benzene rings is 1. The van der Waals surface area contributed by atoms with Gasteiger partial charge in [0.25, 0.3) is 0 Å². The summed E-state index contributed by atoms with van der Waals surface area (Å²) in [6.07, 6.45) is 0.453. The van der Waals surface area contributed by atoms with Gasteiger partial charge in [0.1, 0.15) is 0 Å². The van der Waals surface area contributed by atoms with E-state index in [1.54, 1.807) is 11.3 Å². The van der Waals surface area contributed by atoms with Gasteiger partial charge < -0.3 is 11.1 Å². The molecule has 0 aliphatic carbocycles. The average Bonchev–Trinajstić information content (AvgIpc) is 2.89. The first-order valence-electron chi connectivity index (χ1n) is 5.85. The third-order valence-electron chi connectivity index (χ3n) is 2.63. The molecule has 0 spiro atoms. The van der Waals surface area contributed by atoms with Crippen molar-refractivity contribution in [3.05, 3.63) is 57.8 Å². The van der Waals surface area contributed by atoms with Gasteiger partial charge in [-0.25, -0.2) is 0 Å². The Balaban J connectivity index is 1.85. The lowest BCUT2D eigenvalue weighted by molar-refractivity contribution is -0.120. The van der Waals surface area contributed by atoms with Crippen LogP contribution in [0.3, 0.4) is 0 Å². The molecule has 0 fully saturated rings. The minimum absolute atomic E-state index is 0.0515. The summed E-state index contributed by atoms with van der Waals surface area (Å²) in [7, 11) is 0. The van der Waals surface area contributed by atoms with Crippen molar-refractivity contribution in [2.45, 2.75) is 19.5 Å². The Kier molecular flexibility index (Phi) is 4.50. The Morgan fingerprint density at radius 1 is 1.22 bits per heavy atom. The highest BCUT2D eigenvalue weighted by Crippen LogP contribution is 2.09. The first-order chi connectivity index (χ1) is 8.78. The molecule has 1 heterocycles. The van der Waals surface area contributed by atoms with Crippen molar-refractivity contribution >= 4 is 17.2 Å². The maximum absolute atomic E-state index is 11.7. The Hall–Kier alpha value is -1.65. The highest BCUT2D eigenvalue weighted by Gasteiger charge is 2.04. The summed E-state index contributed by atoms with van der Waals surface area (Å²) in [5.74, 6) is 0.0515. The average molecular weight is 260 g/mol. The minimum atomic E-state index is 0.0515. The van der Waals surface area contributed by atoms with Crippen molar-refractivity contribution < 1.29 is 4.79 Å². The van der Waals surface area contributed by atoms with Gasteiger partial charge in [0, 0.05) is 18.0 Å². The number of hydrogen-bond donors (Lipinski definition) is 2. The van der Waals surface area contributed by atoms with Crippen LogP contribution in [0.25, 0.3) is 0 Å². The monoisotopic (exact) mass is 260 g/mol. The van der Waals surface area contributed by atoms with E-state index in [0.29, 0.717) is 19.5 Å². The Morgan fingerprint density at radius 3 is 2.78 bits per heavy atom. The second-order valence-electron chi connectivity index (χ2n) is 4.06. The fourth-order valence-electron chi connectivity index (χ4n) is 1.70. The van der Waals surface area contributed by atoms with Crippen molar-refractivity contribution in [1.29, 1.82) is 0 Å². The van der Waals surface area contributed by atoms with Crippen molar-refractivity contribution in [1.82, 2.24) is 5.32 Å². The third kappa shape index (κ3) is 3.68. The number of nitrogens with two attached hydrogens (primary N) is 1. The molecule has 3 nitrogen and oxygen atoms in total. The molecule has 0 saturated heterocycles. The SMILES string of the molecule is NCc1cccc(CNC(=O)Cc2cccs2)c1. The lowest BCUT2D eigenvalue weighted by Crippen LogP contribution is -2.24. The van der Waals surface area contributed by atoms with Crippen molar-refractivity contribution in [3.63, 3.8) is 0 Å². The van der Waals surface area contributed by atoms with E-state index < -0.39 is 0 Å². The van der Waals surface area contributed by atoms with E-state index in [4.69, 9.17) is 5.73 Å². The van der Waals surface area contributed by atoms with E-state index in [0.717, 1.165) is 16.0 Å². The van der Waals surface area contributed by atoms with E-state index in [2.05, 4.69) is 5.32 Å². The maximum atomic E-state index is 11.7. The summed E-state index contributed by atoms with van der Waals surface area (Å²) in [5.41, 5.74) is 7.74. The van der Waals surface area contributed by atoms with Gasteiger partial charge in [-0.2, -0.15) is 0 Å². The van der Waals surface area contributed by atoms with E-state index in [1.807, 2.05) is 41.8 Å². The molecule has 0 atom stereocenters. The molecule has 0 aliphatic rings. The molecule has 4 heteroatoms. The van der Waals surface area contributed by atoms with Gasteiger partial charge in [-0.05, 0) is 22.6 Å². The molecule has 0 unspecified atom stereocenters. The van der Waals surface area contributed by atoms with Crippen LogP contribution < -0.4 is 11.1 Å². The lowest BCUT2D eigenvalue weighted by atomic mass is 10.1. The molecule has 3 N–H and O–H groups in total. The molecule has 18 heavy (non-hydrogen) atoms. The van der Waals surface area contributed by atoms with Crippen LogP contribution in [0.15, 0.2) is 41.8 Å². The number of rotatable bonds is 5. The fraction of sp³-hybridized carbons (Fsp3) is 0.214. The Morgan fingerprint density at radius 2 is 2.06 bits per heavy atom. The predicted octanol–water partition coefficient (Wildman–Crippen LogP) is 2.07. The van der Waals surface area contributed by atoms with Gasteiger partial charge in [-0.1, -0.05) is 30.3 Å². The van der Waals surface area contributed by atoms with Gasteiger partial charge in [-0.15, -0.1) is 11.3 Å². The fourth-order valence-corrected chi connectivity index (χ4v) is 2.40. The van der Waals surface area contributed by atoms with E-state index >= 15 is 0 Å².